The molecule has 1 aromatic carbocycles. The summed E-state index contributed by atoms with van der Waals surface area (Å²) in [6.45, 7) is 1.83. The van der Waals surface area contributed by atoms with Crippen LogP contribution in [-0.4, -0.2) is 5.24 Å². The molecule has 0 fully saturated rings. The van der Waals surface area contributed by atoms with Gasteiger partial charge in [0.25, 0.3) is 0 Å². The molecule has 14 heavy (non-hydrogen) atoms. The number of allylic oxidation sites excluding steroid dienone is 3. The van der Waals surface area contributed by atoms with Crippen LogP contribution < -0.4 is 0 Å². The van der Waals surface area contributed by atoms with Gasteiger partial charge in [-0.15, -0.1) is 0 Å². The van der Waals surface area contributed by atoms with E-state index in [4.69, 9.17) is 11.6 Å². The van der Waals surface area contributed by atoms with Gasteiger partial charge in [-0.2, -0.15) is 0 Å². The highest BCUT2D eigenvalue weighted by atomic mass is 35.5. The van der Waals surface area contributed by atoms with E-state index in [1.807, 2.05) is 49.4 Å². The van der Waals surface area contributed by atoms with Crippen LogP contribution in [0.1, 0.15) is 12.5 Å². The summed E-state index contributed by atoms with van der Waals surface area (Å²) in [5.41, 5.74) is 1.94. The maximum absolute atomic E-state index is 10.5. The molecule has 0 spiro atoms. The molecule has 0 saturated carbocycles. The Balaban J connectivity index is 2.70. The summed E-state index contributed by atoms with van der Waals surface area (Å²) < 4.78 is 0. The van der Waals surface area contributed by atoms with Gasteiger partial charge >= 0.3 is 0 Å². The zero-order chi connectivity index (χ0) is 10.4. The van der Waals surface area contributed by atoms with E-state index in [9.17, 15) is 4.79 Å². The molecule has 0 aliphatic heterocycles. The van der Waals surface area contributed by atoms with Crippen LogP contribution in [0.5, 0.6) is 0 Å². The summed E-state index contributed by atoms with van der Waals surface area (Å²) in [4.78, 5) is 10.5. The molecule has 1 nitrogen and oxygen atoms in total. The van der Waals surface area contributed by atoms with Crippen molar-refractivity contribution in [3.05, 3.63) is 53.6 Å². The SMILES string of the molecule is CC(/C=C/c1ccccc1)=C\C(=O)Cl. The lowest BCUT2D eigenvalue weighted by atomic mass is 10.2. The predicted octanol–water partition coefficient (Wildman–Crippen LogP) is 3.41. The van der Waals surface area contributed by atoms with Crippen molar-refractivity contribution in [3.8, 4) is 0 Å². The van der Waals surface area contributed by atoms with Crippen LogP contribution in [0, 0.1) is 0 Å². The van der Waals surface area contributed by atoms with Crippen LogP contribution in [0.2, 0.25) is 0 Å². The van der Waals surface area contributed by atoms with Crippen molar-refractivity contribution in [1.82, 2.24) is 0 Å². The van der Waals surface area contributed by atoms with Gasteiger partial charge in [0.2, 0.25) is 5.24 Å². The standard InChI is InChI=1S/C12H11ClO/c1-10(9-12(13)14)7-8-11-5-3-2-4-6-11/h2-9H,1H3/b8-7+,10-9+. The van der Waals surface area contributed by atoms with Gasteiger partial charge in [-0.1, -0.05) is 42.5 Å². The Morgan fingerprint density at radius 1 is 1.29 bits per heavy atom. The quantitative estimate of drug-likeness (QED) is 0.421. The van der Waals surface area contributed by atoms with Crippen molar-refractivity contribution in [1.29, 1.82) is 0 Å². The largest absolute Gasteiger partial charge is 0.276 e. The molecule has 0 bridgehead atoms. The van der Waals surface area contributed by atoms with Gasteiger partial charge in [-0.05, 0) is 29.7 Å². The average Bonchev–Trinajstić information content (AvgIpc) is 2.15. The Morgan fingerprint density at radius 3 is 2.50 bits per heavy atom. The lowest BCUT2D eigenvalue weighted by Gasteiger charge is -1.91. The lowest BCUT2D eigenvalue weighted by Crippen LogP contribution is -1.78. The Morgan fingerprint density at radius 2 is 1.93 bits per heavy atom. The van der Waals surface area contributed by atoms with Gasteiger partial charge in [-0.3, -0.25) is 4.79 Å². The second-order valence-corrected chi connectivity index (χ2v) is 3.31. The first kappa shape index (κ1) is 10.7. The molecule has 0 aliphatic carbocycles. The van der Waals surface area contributed by atoms with Gasteiger partial charge in [0.15, 0.2) is 0 Å². The third kappa shape index (κ3) is 4.06. The zero-order valence-corrected chi connectivity index (χ0v) is 8.66. The minimum Gasteiger partial charge on any atom is -0.276 e. The summed E-state index contributed by atoms with van der Waals surface area (Å²) in [7, 11) is 0. The molecule has 0 aliphatic rings. The highest BCUT2D eigenvalue weighted by Crippen LogP contribution is 2.04. The molecule has 2 heteroatoms. The molecule has 1 rings (SSSR count). The third-order valence-corrected chi connectivity index (χ3v) is 1.79. The monoisotopic (exact) mass is 206 g/mol. The molecule has 0 N–H and O–H groups in total. The minimum absolute atomic E-state index is 0.444. The van der Waals surface area contributed by atoms with E-state index < -0.39 is 5.24 Å². The molecule has 0 amide bonds. The summed E-state index contributed by atoms with van der Waals surface area (Å²) in [6, 6.07) is 9.87. The maximum Gasteiger partial charge on any atom is 0.245 e. The van der Waals surface area contributed by atoms with Crippen LogP contribution in [0.3, 0.4) is 0 Å². The summed E-state index contributed by atoms with van der Waals surface area (Å²) >= 11 is 5.21. The lowest BCUT2D eigenvalue weighted by molar-refractivity contribution is -0.107. The molecule has 1 aromatic rings. The maximum atomic E-state index is 10.5. The smallest absolute Gasteiger partial charge is 0.245 e. The van der Waals surface area contributed by atoms with Crippen molar-refractivity contribution in [2.24, 2.45) is 0 Å². The normalized spacial score (nSPS) is 12.0. The van der Waals surface area contributed by atoms with Gasteiger partial charge < -0.3 is 0 Å². The fraction of sp³-hybridized carbons (Fsp3) is 0.0833. The number of hydrogen-bond acceptors (Lipinski definition) is 1. The third-order valence-electron chi connectivity index (χ3n) is 1.68. The number of rotatable bonds is 3. The van der Waals surface area contributed by atoms with E-state index in [2.05, 4.69) is 0 Å². The van der Waals surface area contributed by atoms with E-state index in [0.29, 0.717) is 0 Å². The van der Waals surface area contributed by atoms with Crippen molar-refractivity contribution < 1.29 is 4.79 Å². The first-order valence-corrected chi connectivity index (χ1v) is 4.67. The second-order valence-electron chi connectivity index (χ2n) is 2.94. The molecule has 0 saturated heterocycles. The van der Waals surface area contributed by atoms with Gasteiger partial charge in [-0.25, -0.2) is 0 Å². The molecular weight excluding hydrogens is 196 g/mol. The van der Waals surface area contributed by atoms with Crippen molar-refractivity contribution in [2.75, 3.05) is 0 Å². The Kier molecular flexibility index (Phi) is 4.14. The molecular formula is C12H11ClO. The molecule has 0 radical (unpaired) electrons. The first-order valence-electron chi connectivity index (χ1n) is 4.29. The molecule has 0 unspecified atom stereocenters. The Labute approximate surface area is 88.7 Å². The minimum atomic E-state index is -0.444. The summed E-state index contributed by atoms with van der Waals surface area (Å²) in [5, 5.41) is -0.444. The Bertz CT molecular complexity index is 363. The topological polar surface area (TPSA) is 17.1 Å². The van der Waals surface area contributed by atoms with Crippen LogP contribution in [0.25, 0.3) is 6.08 Å². The van der Waals surface area contributed by atoms with E-state index in [1.54, 1.807) is 0 Å². The van der Waals surface area contributed by atoms with E-state index in [-0.39, 0.29) is 0 Å². The first-order chi connectivity index (χ1) is 6.68. The molecule has 0 heterocycles. The average molecular weight is 207 g/mol. The molecule has 72 valence electrons. The highest BCUT2D eigenvalue weighted by molar-refractivity contribution is 6.66. The van der Waals surface area contributed by atoms with E-state index in [0.717, 1.165) is 11.1 Å². The van der Waals surface area contributed by atoms with Crippen LogP contribution >= 0.6 is 11.6 Å². The summed E-state index contributed by atoms with van der Waals surface area (Å²) in [6.07, 6.45) is 5.18. The van der Waals surface area contributed by atoms with E-state index in [1.165, 1.54) is 6.08 Å². The van der Waals surface area contributed by atoms with Crippen molar-refractivity contribution in [2.45, 2.75) is 6.92 Å². The number of carbonyl (C=O) groups excluding carboxylic acids is 1. The predicted molar refractivity (Wildman–Crippen MR) is 60.1 cm³/mol. The molecule has 0 aromatic heterocycles. The number of hydrogen-bond donors (Lipinski definition) is 0. The second kappa shape index (κ2) is 5.40. The van der Waals surface area contributed by atoms with Gasteiger partial charge in [0.05, 0.1) is 0 Å². The Hall–Kier alpha value is -1.34. The fourth-order valence-electron chi connectivity index (χ4n) is 1.02. The number of carbonyl (C=O) groups is 1. The number of halogens is 1. The van der Waals surface area contributed by atoms with E-state index >= 15 is 0 Å². The fourth-order valence-corrected chi connectivity index (χ4v) is 1.19. The van der Waals surface area contributed by atoms with Crippen LogP contribution in [-0.2, 0) is 4.79 Å². The van der Waals surface area contributed by atoms with Gasteiger partial charge in [0, 0.05) is 6.08 Å². The zero-order valence-electron chi connectivity index (χ0n) is 7.91. The van der Waals surface area contributed by atoms with Crippen LogP contribution in [0.15, 0.2) is 48.1 Å². The number of benzene rings is 1. The van der Waals surface area contributed by atoms with Crippen molar-refractivity contribution >= 4 is 22.9 Å². The van der Waals surface area contributed by atoms with Gasteiger partial charge in [0.1, 0.15) is 0 Å². The summed E-state index contributed by atoms with van der Waals surface area (Å²) in [5.74, 6) is 0. The highest BCUT2D eigenvalue weighted by Gasteiger charge is 1.89. The van der Waals surface area contributed by atoms with Crippen LogP contribution in [0.4, 0.5) is 0 Å². The van der Waals surface area contributed by atoms with Crippen molar-refractivity contribution in [3.63, 3.8) is 0 Å². The molecule has 0 atom stereocenters.